The van der Waals surface area contributed by atoms with E-state index in [9.17, 15) is 14.0 Å². The number of rotatable bonds is 9. The van der Waals surface area contributed by atoms with Crippen LogP contribution in [0.2, 0.25) is 0 Å². The van der Waals surface area contributed by atoms with E-state index in [4.69, 9.17) is 0 Å². The van der Waals surface area contributed by atoms with Crippen LogP contribution in [0.5, 0.6) is 0 Å². The number of nitrogens with zero attached hydrogens (tertiary/aromatic N) is 1. The summed E-state index contributed by atoms with van der Waals surface area (Å²) in [5.74, 6) is 0.217. The maximum atomic E-state index is 14.3. The Labute approximate surface area is 202 Å². The molecule has 0 bridgehead atoms. The van der Waals surface area contributed by atoms with Crippen LogP contribution in [-0.2, 0) is 21.9 Å². The molecule has 1 N–H and O–H groups in total. The van der Waals surface area contributed by atoms with Crippen molar-refractivity contribution in [2.45, 2.75) is 63.4 Å². The second-order valence-electron chi connectivity index (χ2n) is 8.25. The number of hydrogen-bond donors (Lipinski definition) is 1. The lowest BCUT2D eigenvalue weighted by molar-refractivity contribution is -0.139. The standard InChI is InChI=1S/C25H30BrFN2O2S/c1-18(25(31)28-22-8-3-2-4-9-22)29(15-20-7-5-6-10-23(20)27)24(30)17-32-16-19-11-13-21(26)14-12-19/h5-7,10-14,18,22H,2-4,8-9,15-17H2,1H3,(H,28,31)/t18-/m0/s1. The summed E-state index contributed by atoms with van der Waals surface area (Å²) >= 11 is 4.92. The van der Waals surface area contributed by atoms with Crippen LogP contribution >= 0.6 is 27.7 Å². The van der Waals surface area contributed by atoms with E-state index in [1.54, 1.807) is 25.1 Å². The van der Waals surface area contributed by atoms with E-state index in [1.165, 1.54) is 29.1 Å². The van der Waals surface area contributed by atoms with Crippen LogP contribution in [-0.4, -0.2) is 34.6 Å². The van der Waals surface area contributed by atoms with Crippen LogP contribution in [0.3, 0.4) is 0 Å². The molecule has 1 atom stereocenters. The van der Waals surface area contributed by atoms with Crippen molar-refractivity contribution in [3.63, 3.8) is 0 Å². The number of thioether (sulfide) groups is 1. The second-order valence-corrected chi connectivity index (χ2v) is 10.2. The second kappa shape index (κ2) is 12.4. The van der Waals surface area contributed by atoms with E-state index in [1.807, 2.05) is 24.3 Å². The molecule has 0 unspecified atom stereocenters. The van der Waals surface area contributed by atoms with Crippen LogP contribution in [0, 0.1) is 5.82 Å². The maximum Gasteiger partial charge on any atom is 0.242 e. The van der Waals surface area contributed by atoms with Crippen molar-refractivity contribution in [2.24, 2.45) is 0 Å². The van der Waals surface area contributed by atoms with Gasteiger partial charge in [-0.05, 0) is 43.5 Å². The number of hydrogen-bond acceptors (Lipinski definition) is 3. The van der Waals surface area contributed by atoms with E-state index in [-0.39, 0.29) is 36.0 Å². The summed E-state index contributed by atoms with van der Waals surface area (Å²) in [4.78, 5) is 27.6. The predicted octanol–water partition coefficient (Wildman–Crippen LogP) is 5.69. The summed E-state index contributed by atoms with van der Waals surface area (Å²) in [6.45, 7) is 1.81. The quantitative estimate of drug-likeness (QED) is 0.462. The Balaban J connectivity index is 1.65. The van der Waals surface area contributed by atoms with E-state index in [0.717, 1.165) is 35.7 Å². The van der Waals surface area contributed by atoms with Gasteiger partial charge in [0.25, 0.3) is 0 Å². The number of nitrogens with one attached hydrogen (secondary N) is 1. The third-order valence-electron chi connectivity index (χ3n) is 5.82. The zero-order valence-corrected chi connectivity index (χ0v) is 20.8. The van der Waals surface area contributed by atoms with Gasteiger partial charge in [0.1, 0.15) is 11.9 Å². The molecule has 2 aromatic rings. The number of amides is 2. The van der Waals surface area contributed by atoms with Crippen molar-refractivity contribution in [3.8, 4) is 0 Å². The Hall–Kier alpha value is -1.86. The molecule has 0 saturated heterocycles. The lowest BCUT2D eigenvalue weighted by Crippen LogP contribution is -2.51. The number of benzene rings is 2. The molecule has 1 fully saturated rings. The molecule has 1 aliphatic carbocycles. The molecule has 32 heavy (non-hydrogen) atoms. The summed E-state index contributed by atoms with van der Waals surface area (Å²) in [5, 5.41) is 3.10. The Kier molecular flexibility index (Phi) is 9.60. The van der Waals surface area contributed by atoms with E-state index < -0.39 is 6.04 Å². The highest BCUT2D eigenvalue weighted by Crippen LogP contribution is 2.20. The van der Waals surface area contributed by atoms with Crippen molar-refractivity contribution < 1.29 is 14.0 Å². The van der Waals surface area contributed by atoms with Gasteiger partial charge in [0.05, 0.1) is 5.75 Å². The third-order valence-corrected chi connectivity index (χ3v) is 7.34. The van der Waals surface area contributed by atoms with Gasteiger partial charge in [0.15, 0.2) is 0 Å². The highest BCUT2D eigenvalue weighted by molar-refractivity contribution is 9.10. The summed E-state index contributed by atoms with van der Waals surface area (Å²) in [6, 6.07) is 13.9. The molecule has 0 aromatic heterocycles. The molecule has 1 aliphatic rings. The molecular formula is C25H30BrFN2O2S. The molecule has 0 radical (unpaired) electrons. The molecule has 2 aromatic carbocycles. The number of halogens is 2. The van der Waals surface area contributed by atoms with Gasteiger partial charge in [0, 0.05) is 28.4 Å². The molecule has 1 saturated carbocycles. The van der Waals surface area contributed by atoms with Gasteiger partial charge in [-0.1, -0.05) is 65.5 Å². The van der Waals surface area contributed by atoms with Gasteiger partial charge in [-0.25, -0.2) is 4.39 Å². The summed E-state index contributed by atoms with van der Waals surface area (Å²) in [7, 11) is 0. The average molecular weight is 521 g/mol. The zero-order chi connectivity index (χ0) is 22.9. The molecule has 7 heteroatoms. The summed E-state index contributed by atoms with van der Waals surface area (Å²) < 4.78 is 15.3. The smallest absolute Gasteiger partial charge is 0.242 e. The van der Waals surface area contributed by atoms with Gasteiger partial charge >= 0.3 is 0 Å². The Morgan fingerprint density at radius 1 is 1.12 bits per heavy atom. The average Bonchev–Trinajstić information content (AvgIpc) is 2.80. The van der Waals surface area contributed by atoms with Crippen LogP contribution in [0.4, 0.5) is 4.39 Å². The van der Waals surface area contributed by atoms with Gasteiger partial charge in [-0.15, -0.1) is 11.8 Å². The first-order valence-electron chi connectivity index (χ1n) is 11.1. The van der Waals surface area contributed by atoms with Crippen LogP contribution in [0.15, 0.2) is 53.0 Å². The van der Waals surface area contributed by atoms with Crippen LogP contribution in [0.25, 0.3) is 0 Å². The minimum absolute atomic E-state index is 0.0730. The molecule has 4 nitrogen and oxygen atoms in total. The van der Waals surface area contributed by atoms with Crippen molar-refractivity contribution in [3.05, 3.63) is 69.9 Å². The third kappa shape index (κ3) is 7.34. The largest absolute Gasteiger partial charge is 0.352 e. The Morgan fingerprint density at radius 3 is 2.50 bits per heavy atom. The first-order valence-corrected chi connectivity index (χ1v) is 13.0. The molecule has 3 rings (SSSR count). The monoisotopic (exact) mass is 520 g/mol. The Bertz CT molecular complexity index is 903. The van der Waals surface area contributed by atoms with Gasteiger partial charge < -0.3 is 10.2 Å². The van der Waals surface area contributed by atoms with Gasteiger partial charge in [-0.2, -0.15) is 0 Å². The lowest BCUT2D eigenvalue weighted by atomic mass is 9.95. The highest BCUT2D eigenvalue weighted by atomic mass is 79.9. The topological polar surface area (TPSA) is 49.4 Å². The van der Waals surface area contributed by atoms with E-state index >= 15 is 0 Å². The summed E-state index contributed by atoms with van der Waals surface area (Å²) in [6.07, 6.45) is 5.38. The molecule has 0 aliphatic heterocycles. The van der Waals surface area contributed by atoms with Crippen LogP contribution in [0.1, 0.15) is 50.2 Å². The van der Waals surface area contributed by atoms with Crippen molar-refractivity contribution in [1.29, 1.82) is 0 Å². The first kappa shape index (κ1) is 24.8. The minimum atomic E-state index is -0.669. The minimum Gasteiger partial charge on any atom is -0.352 e. The van der Waals surface area contributed by atoms with E-state index in [0.29, 0.717) is 11.3 Å². The van der Waals surface area contributed by atoms with Gasteiger partial charge in [-0.3, -0.25) is 9.59 Å². The van der Waals surface area contributed by atoms with Crippen molar-refractivity contribution in [2.75, 3.05) is 5.75 Å². The van der Waals surface area contributed by atoms with Gasteiger partial charge in [0.2, 0.25) is 11.8 Å². The normalized spacial score (nSPS) is 15.2. The first-order chi connectivity index (χ1) is 15.4. The van der Waals surface area contributed by atoms with E-state index in [2.05, 4.69) is 21.2 Å². The Morgan fingerprint density at radius 2 is 1.81 bits per heavy atom. The molecule has 0 heterocycles. The number of carbonyl (C=O) groups is 2. The zero-order valence-electron chi connectivity index (χ0n) is 18.4. The predicted molar refractivity (Wildman–Crippen MR) is 132 cm³/mol. The summed E-state index contributed by atoms with van der Waals surface area (Å²) in [5.41, 5.74) is 1.53. The maximum absolute atomic E-state index is 14.3. The fourth-order valence-corrected chi connectivity index (χ4v) is 5.02. The number of carbonyl (C=O) groups excluding carboxylic acids is 2. The highest BCUT2D eigenvalue weighted by Gasteiger charge is 2.28. The van der Waals surface area contributed by atoms with Crippen LogP contribution < -0.4 is 5.32 Å². The van der Waals surface area contributed by atoms with Crippen molar-refractivity contribution in [1.82, 2.24) is 10.2 Å². The fourth-order valence-electron chi connectivity index (χ4n) is 3.88. The molecule has 0 spiro atoms. The molecular weight excluding hydrogens is 491 g/mol. The molecule has 2 amide bonds. The molecule has 172 valence electrons. The SMILES string of the molecule is C[C@@H](C(=O)NC1CCCCC1)N(Cc1ccccc1F)C(=O)CSCc1ccc(Br)cc1. The van der Waals surface area contributed by atoms with Crippen molar-refractivity contribution >= 4 is 39.5 Å². The lowest BCUT2D eigenvalue weighted by Gasteiger charge is -2.31. The fraction of sp³-hybridized carbons (Fsp3) is 0.440.